The number of halogens is 3. The minimum absolute atomic E-state index is 0.00388. The predicted molar refractivity (Wildman–Crippen MR) is 181 cm³/mol. The minimum atomic E-state index is -1.37. The number of carbonyl (C=O) groups is 1. The van der Waals surface area contributed by atoms with Gasteiger partial charge in [-0.2, -0.15) is 5.26 Å². The van der Waals surface area contributed by atoms with Crippen LogP contribution in [0.4, 0.5) is 13.2 Å². The van der Waals surface area contributed by atoms with E-state index >= 15 is 8.78 Å². The monoisotopic (exact) mass is 694 g/mol. The molecule has 0 aliphatic carbocycles. The molecule has 3 heterocycles. The molecule has 3 aromatic carbocycles. The normalized spacial score (nSPS) is 15.3. The third kappa shape index (κ3) is 7.43. The van der Waals surface area contributed by atoms with Gasteiger partial charge in [0.15, 0.2) is 0 Å². The van der Waals surface area contributed by atoms with Gasteiger partial charge in [-0.1, -0.05) is 37.8 Å². The van der Waals surface area contributed by atoms with Crippen LogP contribution in [0.25, 0.3) is 22.3 Å². The zero-order valence-corrected chi connectivity index (χ0v) is 28.2. The average Bonchev–Trinajstić information content (AvgIpc) is 3.61. The Labute approximate surface area is 291 Å². The van der Waals surface area contributed by atoms with E-state index in [0.717, 1.165) is 18.2 Å². The highest BCUT2D eigenvalue weighted by molar-refractivity contribution is 5.95. The van der Waals surface area contributed by atoms with Gasteiger partial charge in [0.2, 0.25) is 5.88 Å². The van der Waals surface area contributed by atoms with Crippen LogP contribution in [0.2, 0.25) is 0 Å². The zero-order chi connectivity index (χ0) is 36.7. The Morgan fingerprint density at radius 2 is 1.82 bits per heavy atom. The van der Waals surface area contributed by atoms with E-state index < -0.39 is 34.4 Å². The molecular weight excluding hydrogens is 661 g/mol. The Bertz CT molecular complexity index is 2290. The van der Waals surface area contributed by atoms with Gasteiger partial charge in [-0.25, -0.2) is 27.9 Å². The molecule has 2 aromatic heterocycles. The number of aromatic carboxylic acids is 1. The number of fused-ring (bicyclic) bond motifs is 1. The van der Waals surface area contributed by atoms with Crippen molar-refractivity contribution in [2.75, 3.05) is 13.2 Å². The van der Waals surface area contributed by atoms with Crippen LogP contribution in [0.1, 0.15) is 72.2 Å². The van der Waals surface area contributed by atoms with Gasteiger partial charge in [-0.05, 0) is 61.9 Å². The molecule has 0 bridgehead atoms. The van der Waals surface area contributed by atoms with Gasteiger partial charge in [0, 0.05) is 29.0 Å². The maximum absolute atomic E-state index is 15.9. The van der Waals surface area contributed by atoms with Gasteiger partial charge < -0.3 is 24.3 Å². The molecule has 1 saturated heterocycles. The molecule has 1 atom stereocenters. The molecule has 1 fully saturated rings. The van der Waals surface area contributed by atoms with Crippen molar-refractivity contribution in [2.45, 2.75) is 52.4 Å². The van der Waals surface area contributed by atoms with Crippen LogP contribution >= 0.6 is 0 Å². The molecule has 5 aromatic rings. The van der Waals surface area contributed by atoms with Crippen molar-refractivity contribution < 1.29 is 37.7 Å². The van der Waals surface area contributed by atoms with Crippen molar-refractivity contribution in [3.63, 3.8) is 0 Å². The number of aliphatic hydroxyl groups is 1. The lowest BCUT2D eigenvalue weighted by Gasteiger charge is -2.28. The Kier molecular flexibility index (Phi) is 9.34. The standard InChI is InChI=1S/C39H33F3N4O5/c1-38(2)21-50-20-33(38)46-32-15-26(37(47)48)13-23(10-11-39(3,4)49)36(32)45-34(46)16-25-14-30(42)27(17-29(25)41)31-6-5-7-35(44-31)51-19-24-9-8-22(18-43)12-28(24)40/h5-9,12-15,17,33,49H,16,19-21H2,1-4H3,(H,47,48). The Hall–Kier alpha value is -5.69. The maximum atomic E-state index is 15.9. The SMILES string of the molecule is CC(C)(O)C#Cc1cc(C(=O)O)cc2c1nc(Cc1cc(F)c(-c3cccc(OCc4ccc(C#N)cc4F)n3)cc1F)n2C1COCC1(C)C. The van der Waals surface area contributed by atoms with E-state index in [1.54, 1.807) is 6.07 Å². The van der Waals surface area contributed by atoms with E-state index in [2.05, 4.69) is 16.8 Å². The summed E-state index contributed by atoms with van der Waals surface area (Å²) in [5.41, 5.74) is -0.461. The van der Waals surface area contributed by atoms with Crippen LogP contribution in [0.15, 0.2) is 60.7 Å². The summed E-state index contributed by atoms with van der Waals surface area (Å²) in [5, 5.41) is 29.2. The van der Waals surface area contributed by atoms with Crippen molar-refractivity contribution in [3.05, 3.63) is 112 Å². The number of carboxylic acid groups (broad SMARTS) is 1. The summed E-state index contributed by atoms with van der Waals surface area (Å²) in [6, 6.07) is 15.0. The highest BCUT2D eigenvalue weighted by Crippen LogP contribution is 2.41. The van der Waals surface area contributed by atoms with Gasteiger partial charge in [0.25, 0.3) is 0 Å². The number of nitrogens with zero attached hydrogens (tertiary/aromatic N) is 4. The Morgan fingerprint density at radius 1 is 1.06 bits per heavy atom. The number of hydrogen-bond acceptors (Lipinski definition) is 7. The van der Waals surface area contributed by atoms with Crippen LogP contribution in [-0.2, 0) is 17.8 Å². The highest BCUT2D eigenvalue weighted by Gasteiger charge is 2.39. The largest absolute Gasteiger partial charge is 0.478 e. The Morgan fingerprint density at radius 3 is 2.49 bits per heavy atom. The van der Waals surface area contributed by atoms with Gasteiger partial charge in [-0.15, -0.1) is 0 Å². The zero-order valence-electron chi connectivity index (χ0n) is 28.2. The molecule has 0 spiro atoms. The second-order valence-corrected chi connectivity index (χ2v) is 13.6. The summed E-state index contributed by atoms with van der Waals surface area (Å²) < 4.78 is 59.3. The number of imidazole rings is 1. The number of ether oxygens (including phenoxy) is 2. The van der Waals surface area contributed by atoms with E-state index in [4.69, 9.17) is 19.7 Å². The fraction of sp³-hybridized carbons (Fsp3) is 0.282. The molecular formula is C39H33F3N4O5. The fourth-order valence-corrected chi connectivity index (χ4v) is 5.95. The number of rotatable bonds is 8. The topological polar surface area (TPSA) is 130 Å². The second kappa shape index (κ2) is 13.6. The van der Waals surface area contributed by atoms with Crippen molar-refractivity contribution in [3.8, 4) is 35.0 Å². The molecule has 9 nitrogen and oxygen atoms in total. The predicted octanol–water partition coefficient (Wildman–Crippen LogP) is 6.98. The first-order chi connectivity index (χ1) is 24.1. The average molecular weight is 695 g/mol. The summed E-state index contributed by atoms with van der Waals surface area (Å²) in [6.07, 6.45) is -0.155. The van der Waals surface area contributed by atoms with Gasteiger partial charge in [-0.3, -0.25) is 0 Å². The van der Waals surface area contributed by atoms with Crippen LogP contribution in [0.5, 0.6) is 5.88 Å². The lowest BCUT2D eigenvalue weighted by molar-refractivity contribution is 0.0697. The Balaban J connectivity index is 1.37. The maximum Gasteiger partial charge on any atom is 0.335 e. The van der Waals surface area contributed by atoms with Gasteiger partial charge in [0.1, 0.15) is 41.0 Å². The van der Waals surface area contributed by atoms with Crippen LogP contribution in [-0.4, -0.2) is 49.5 Å². The van der Waals surface area contributed by atoms with Crippen LogP contribution in [0.3, 0.4) is 0 Å². The number of hydrogen-bond donors (Lipinski definition) is 2. The summed E-state index contributed by atoms with van der Waals surface area (Å²) in [7, 11) is 0. The van der Waals surface area contributed by atoms with Crippen LogP contribution in [0, 0.1) is 46.0 Å². The van der Waals surface area contributed by atoms with E-state index in [0.29, 0.717) is 23.5 Å². The van der Waals surface area contributed by atoms with Gasteiger partial charge >= 0.3 is 5.97 Å². The first kappa shape index (κ1) is 35.1. The van der Waals surface area contributed by atoms with Crippen molar-refractivity contribution >= 4 is 17.0 Å². The van der Waals surface area contributed by atoms with Crippen LogP contribution < -0.4 is 4.74 Å². The van der Waals surface area contributed by atoms with Crippen molar-refractivity contribution in [1.29, 1.82) is 5.26 Å². The molecule has 51 heavy (non-hydrogen) atoms. The molecule has 6 rings (SSSR count). The first-order valence-electron chi connectivity index (χ1n) is 16.0. The second-order valence-electron chi connectivity index (χ2n) is 13.6. The van der Waals surface area contributed by atoms with E-state index in [-0.39, 0.29) is 70.6 Å². The smallest absolute Gasteiger partial charge is 0.335 e. The molecule has 1 unspecified atom stereocenters. The molecule has 0 amide bonds. The van der Waals surface area contributed by atoms with Crippen molar-refractivity contribution in [2.24, 2.45) is 5.41 Å². The molecule has 260 valence electrons. The van der Waals surface area contributed by atoms with Crippen molar-refractivity contribution in [1.82, 2.24) is 14.5 Å². The number of aromatic nitrogens is 3. The third-order valence-electron chi connectivity index (χ3n) is 8.62. The van der Waals surface area contributed by atoms with E-state index in [1.165, 1.54) is 50.2 Å². The molecule has 0 saturated carbocycles. The molecule has 1 aliphatic rings. The quantitative estimate of drug-likeness (QED) is 0.167. The van der Waals surface area contributed by atoms with E-state index in [1.807, 2.05) is 24.5 Å². The lowest BCUT2D eigenvalue weighted by atomic mass is 9.87. The first-order valence-corrected chi connectivity index (χ1v) is 16.0. The number of carboxylic acids is 1. The summed E-state index contributed by atoms with van der Waals surface area (Å²) in [4.78, 5) is 21.3. The fourth-order valence-electron chi connectivity index (χ4n) is 5.95. The van der Waals surface area contributed by atoms with E-state index in [9.17, 15) is 19.4 Å². The molecule has 12 heteroatoms. The minimum Gasteiger partial charge on any atom is -0.478 e. The number of pyridine rings is 1. The molecule has 2 N–H and O–H groups in total. The lowest BCUT2D eigenvalue weighted by Crippen LogP contribution is -2.27. The number of nitriles is 1. The number of benzene rings is 3. The third-order valence-corrected chi connectivity index (χ3v) is 8.62. The molecule has 1 aliphatic heterocycles. The summed E-state index contributed by atoms with van der Waals surface area (Å²) in [6.45, 7) is 7.49. The molecule has 0 radical (unpaired) electrons. The summed E-state index contributed by atoms with van der Waals surface area (Å²) in [5.74, 6) is 2.68. The summed E-state index contributed by atoms with van der Waals surface area (Å²) >= 11 is 0. The highest BCUT2D eigenvalue weighted by atomic mass is 19.1. The van der Waals surface area contributed by atoms with Gasteiger partial charge in [0.05, 0.1) is 53.2 Å².